The maximum Gasteiger partial charge on any atom is 0.246 e. The Hall–Kier alpha value is -8.85. The van der Waals surface area contributed by atoms with Gasteiger partial charge >= 0.3 is 0 Å². The van der Waals surface area contributed by atoms with E-state index in [0.29, 0.717) is 16.7 Å². The van der Waals surface area contributed by atoms with Crippen LogP contribution in [-0.4, -0.2) is 274 Å². The van der Waals surface area contributed by atoms with Gasteiger partial charge in [-0.25, -0.2) is 4.98 Å². The molecule has 4 saturated heterocycles. The molecule has 0 aliphatic carbocycles. The number of carbonyl (C=O) groups excluding carboxylic acids is 6. The molecule has 0 bridgehead atoms. The van der Waals surface area contributed by atoms with Crippen LogP contribution in [0.1, 0.15) is 29.5 Å². The maximum absolute atomic E-state index is 15.1. The molecule has 9 rings (SSSR count). The molecule has 5 aromatic rings. The van der Waals surface area contributed by atoms with Crippen LogP contribution in [0, 0.1) is 10.8 Å². The molecule has 34 heteroatoms. The predicted octanol–water partition coefficient (Wildman–Crippen LogP) is -7.36. The van der Waals surface area contributed by atoms with Crippen LogP contribution in [0.4, 0.5) is 0 Å². The fourth-order valence-electron chi connectivity index (χ4n) is 11.6. The molecule has 22 N–H and O–H groups in total. The molecule has 20 atom stereocenters. The summed E-state index contributed by atoms with van der Waals surface area (Å²) < 4.78 is 23.4. The summed E-state index contributed by atoms with van der Waals surface area (Å²) in [6.45, 7) is -2.70. The standard InChI is InChI=1S/C62H78N13O21/c1-28(31-12-6-3-7-13-31)36(24-76)68-43(80)21-66-55(90)37(25-77)69-56(91)45(47(82)38-23-74(22-29-10-4-2-5-11-29)62(65)75(38)59-52(87)50(85)48(83)41(26-78)94-59)73-57(92)44(46(81)35-20-67-61(64)71-35)72-54(89)33(63)18-30-16-17-40-34(19-30)70-58(93-40)32-14-8-9-15-39(32)95-60-53(88)51(86)49(84)42(27-79)96-60/h2-17,19,28,33,35-38,41-42,44-53,59-60,65,77-79,81-88H,18,20-23,25-27,63H2,1H3,(H,66,90)(H,68,80)(H,69,91)(H,72,89)(H,73,92)(H3,64,67,71)/t28?,33-,35?,36+,37-,38?,41?,42?,44-,45-,46?,47?,48?,49?,50?,51?,52?,53?,59?,60?/m0/s1. The van der Waals surface area contributed by atoms with Gasteiger partial charge in [-0.1, -0.05) is 85.8 Å². The second kappa shape index (κ2) is 31.8. The number of oxazole rings is 1. The van der Waals surface area contributed by atoms with Gasteiger partial charge in [0.2, 0.25) is 48.0 Å². The zero-order valence-corrected chi connectivity index (χ0v) is 51.4. The minimum atomic E-state index is -2.38. The Balaban J connectivity index is 0.981. The van der Waals surface area contributed by atoms with E-state index in [1.165, 1.54) is 23.1 Å². The second-order valence-corrected chi connectivity index (χ2v) is 23.6. The number of fused-ring (bicyclic) bond motifs is 1. The average Bonchev–Trinajstić information content (AvgIpc) is 1.56. The fourth-order valence-corrected chi connectivity index (χ4v) is 11.6. The Kier molecular flexibility index (Phi) is 23.7. The lowest BCUT2D eigenvalue weighted by Gasteiger charge is -2.46. The van der Waals surface area contributed by atoms with E-state index in [4.69, 9.17) is 29.8 Å². The van der Waals surface area contributed by atoms with Crippen LogP contribution in [0.2, 0.25) is 0 Å². The van der Waals surface area contributed by atoms with E-state index < -0.39 is 190 Å². The number of aromatic nitrogens is 1. The van der Waals surface area contributed by atoms with Gasteiger partial charge in [-0.2, -0.15) is 0 Å². The molecular formula is C62H78N13O21. The fraction of sp³-hybridized carbons (Fsp3) is 0.468. The van der Waals surface area contributed by atoms with Crippen LogP contribution in [0.15, 0.2) is 108 Å². The van der Waals surface area contributed by atoms with Crippen molar-refractivity contribution < 1.29 is 104 Å². The van der Waals surface area contributed by atoms with Crippen molar-refractivity contribution in [3.05, 3.63) is 120 Å². The Bertz CT molecular complexity index is 3540. The summed E-state index contributed by atoms with van der Waals surface area (Å²) in [7, 11) is 0. The molecule has 34 nitrogen and oxygen atoms in total. The zero-order chi connectivity index (χ0) is 69.2. The quantitative estimate of drug-likeness (QED) is 0.0221. The summed E-state index contributed by atoms with van der Waals surface area (Å²) >= 11 is 0. The maximum atomic E-state index is 15.1. The van der Waals surface area contributed by atoms with Gasteiger partial charge in [0, 0.05) is 25.6 Å². The summed E-state index contributed by atoms with van der Waals surface area (Å²) in [6, 6.07) is 15.9. The minimum absolute atomic E-state index is 0.00184. The van der Waals surface area contributed by atoms with Gasteiger partial charge in [0.15, 0.2) is 23.7 Å². The molecule has 1 radical (unpaired) electrons. The zero-order valence-electron chi connectivity index (χ0n) is 51.4. The van der Waals surface area contributed by atoms with Crippen molar-refractivity contribution in [2.75, 3.05) is 39.5 Å². The van der Waals surface area contributed by atoms with Gasteiger partial charge in [0.25, 0.3) is 0 Å². The first-order chi connectivity index (χ1) is 45.9. The van der Waals surface area contributed by atoms with Gasteiger partial charge < -0.3 is 128 Å². The average molecular weight is 1340 g/mol. The number of para-hydroxylation sites is 1. The number of nitrogens with zero attached hydrogens (tertiary/aromatic N) is 3. The smallest absolute Gasteiger partial charge is 0.246 e. The van der Waals surface area contributed by atoms with Crippen molar-refractivity contribution in [2.24, 2.45) is 5.73 Å². The highest BCUT2D eigenvalue weighted by molar-refractivity contribution is 5.97. The predicted molar refractivity (Wildman–Crippen MR) is 333 cm³/mol. The number of amides is 5. The second-order valence-electron chi connectivity index (χ2n) is 23.6. The summed E-state index contributed by atoms with van der Waals surface area (Å²) in [6.07, 6.45) is -20.2. The molecule has 517 valence electrons. The van der Waals surface area contributed by atoms with Crippen molar-refractivity contribution in [3.63, 3.8) is 0 Å². The molecule has 15 unspecified atom stereocenters. The molecule has 4 aromatic carbocycles. The van der Waals surface area contributed by atoms with E-state index >= 15 is 4.79 Å². The number of carbonyl (C=O) groups is 5. The van der Waals surface area contributed by atoms with Crippen molar-refractivity contribution in [2.45, 2.75) is 142 Å². The first kappa shape index (κ1) is 71.4. The Morgan fingerprint density at radius 3 is 2.02 bits per heavy atom. The largest absolute Gasteiger partial charge is 0.461 e. The third-order valence-corrected chi connectivity index (χ3v) is 17.1. The lowest BCUT2D eigenvalue weighted by Crippen LogP contribution is -2.69. The van der Waals surface area contributed by atoms with Crippen LogP contribution in [0.25, 0.3) is 22.6 Å². The number of rotatable bonds is 28. The van der Waals surface area contributed by atoms with Gasteiger partial charge in [0.05, 0.1) is 50.1 Å². The summed E-state index contributed by atoms with van der Waals surface area (Å²) in [4.78, 5) is 90.3. The Labute approximate surface area is 547 Å². The molecule has 96 heavy (non-hydrogen) atoms. The third kappa shape index (κ3) is 16.2. The molecular weight excluding hydrogens is 1260 g/mol. The topological polar surface area (TPSA) is 543 Å². The number of aliphatic hydroxyl groups is 11. The molecule has 0 saturated carbocycles. The van der Waals surface area contributed by atoms with Crippen LogP contribution in [0.3, 0.4) is 0 Å². The number of ether oxygens (including phenoxy) is 3. The van der Waals surface area contributed by atoms with E-state index in [-0.39, 0.29) is 53.8 Å². The van der Waals surface area contributed by atoms with Crippen molar-refractivity contribution >= 4 is 58.8 Å². The number of hydrogen-bond donors (Lipinski definition) is 21. The lowest BCUT2D eigenvalue weighted by molar-refractivity contribution is -0.277. The van der Waals surface area contributed by atoms with E-state index in [0.717, 1.165) is 4.90 Å². The number of nitrogens with two attached hydrogens (primary N) is 1. The molecule has 5 amide bonds. The van der Waals surface area contributed by atoms with Crippen LogP contribution >= 0.6 is 0 Å². The summed E-state index contributed by atoms with van der Waals surface area (Å²) in [5.74, 6) is -7.37. The monoisotopic (exact) mass is 1340 g/mol. The first-order valence-corrected chi connectivity index (χ1v) is 30.6. The van der Waals surface area contributed by atoms with E-state index in [1.54, 1.807) is 98.1 Å². The molecule has 4 fully saturated rings. The molecule has 4 aliphatic rings. The van der Waals surface area contributed by atoms with Crippen LogP contribution in [0.5, 0.6) is 5.75 Å². The van der Waals surface area contributed by atoms with Crippen molar-refractivity contribution in [1.82, 2.24) is 52.0 Å². The number of nitrogens with one attached hydrogen (secondary N) is 9. The third-order valence-electron chi connectivity index (χ3n) is 17.1. The molecule has 4 aliphatic heterocycles. The molecule has 0 spiro atoms. The number of benzene rings is 4. The van der Waals surface area contributed by atoms with Crippen LogP contribution in [-0.2, 0) is 51.2 Å². The van der Waals surface area contributed by atoms with Gasteiger partial charge in [-0.3, -0.25) is 39.6 Å². The van der Waals surface area contributed by atoms with Crippen molar-refractivity contribution in [3.8, 4) is 17.2 Å². The summed E-state index contributed by atoms with van der Waals surface area (Å²) in [5.41, 5.74) is 8.91. The molecule has 1 aromatic heterocycles. The Morgan fingerprint density at radius 1 is 0.740 bits per heavy atom. The van der Waals surface area contributed by atoms with Crippen molar-refractivity contribution in [1.29, 1.82) is 10.8 Å². The van der Waals surface area contributed by atoms with Gasteiger partial charge in [-0.05, 0) is 47.4 Å². The highest BCUT2D eigenvalue weighted by Crippen LogP contribution is 2.36. The molecule has 5 heterocycles. The Morgan fingerprint density at radius 2 is 1.36 bits per heavy atom. The van der Waals surface area contributed by atoms with Crippen LogP contribution < -0.4 is 47.7 Å². The van der Waals surface area contributed by atoms with Gasteiger partial charge in [-0.15, -0.1) is 0 Å². The van der Waals surface area contributed by atoms with Gasteiger partial charge in [0.1, 0.15) is 96.5 Å². The number of hydrogen-bond acceptors (Lipinski definition) is 25. The first-order valence-electron chi connectivity index (χ1n) is 30.6. The van der Waals surface area contributed by atoms with E-state index in [1.807, 2.05) is 0 Å². The SMILES string of the molecule is CC(c1ccccc1)[C@@H]([C]=O)NC(=O)CNC(=O)[C@H](CO)NC(=O)[C@@H](NC(=O)[C@@H](NC(=O)[C@@H](N)Cc1ccc2oc(-c3ccccc3OC3OC(CO)C(O)C(O)C3O)nc2c1)C(O)C1CNC(=N)N1)C(O)C1CN(Cc2ccccc2)C(=N)N1C1OC(CO)C(O)C(O)C1O. The number of guanidine groups is 2. The van der Waals surface area contributed by atoms with E-state index in [9.17, 15) is 85.6 Å². The minimum Gasteiger partial charge on any atom is -0.461 e. The van der Waals surface area contributed by atoms with E-state index in [2.05, 4.69) is 42.2 Å². The number of aliphatic hydroxyl groups excluding tert-OH is 11. The highest BCUT2D eigenvalue weighted by Gasteiger charge is 2.54. The summed E-state index contributed by atoms with van der Waals surface area (Å²) in [5, 5.41) is 154. The highest BCUT2D eigenvalue weighted by atomic mass is 16.7. The lowest BCUT2D eigenvalue weighted by atomic mass is 9.94. The normalized spacial score (nSPS) is 26.8.